The molecular weight excluding hydrogens is 371 g/mol. The molecule has 1 aromatic heterocycles. The van der Waals surface area contributed by atoms with E-state index in [4.69, 9.17) is 11.6 Å². The maximum absolute atomic E-state index is 13.8. The zero-order chi connectivity index (χ0) is 18.4. The van der Waals surface area contributed by atoms with Crippen LogP contribution in [0.15, 0.2) is 40.7 Å². The molecule has 0 aliphatic carbocycles. The van der Waals surface area contributed by atoms with Crippen LogP contribution < -0.4 is 15.5 Å². The number of anilines is 1. The standard InChI is InChI=1S/C19H24ClFN4S/c1-22-19(23-10-7-15-16(20)4-2-5-17(15)21)24-14-8-11-25(12-9-14)18-6-3-13-26-18/h2-6,13-14H,7-12H2,1H3,(H2,22,23,24). The van der Waals surface area contributed by atoms with Crippen LogP contribution >= 0.6 is 22.9 Å². The van der Waals surface area contributed by atoms with Gasteiger partial charge in [-0.3, -0.25) is 4.99 Å². The predicted octanol–water partition coefficient (Wildman–Crippen LogP) is 3.92. The molecule has 26 heavy (non-hydrogen) atoms. The molecule has 0 amide bonds. The van der Waals surface area contributed by atoms with Gasteiger partial charge in [-0.15, -0.1) is 11.3 Å². The number of rotatable bonds is 5. The van der Waals surface area contributed by atoms with Crippen molar-refractivity contribution < 1.29 is 4.39 Å². The SMILES string of the molecule is CN=C(NCCc1c(F)cccc1Cl)NC1CCN(c2cccs2)CC1. The molecule has 0 atom stereocenters. The molecule has 0 saturated carbocycles. The first-order valence-corrected chi connectivity index (χ1v) is 10.1. The number of thiophene rings is 1. The summed E-state index contributed by atoms with van der Waals surface area (Å²) in [6, 6.07) is 9.45. The fourth-order valence-corrected chi connectivity index (χ4v) is 4.20. The zero-order valence-corrected chi connectivity index (χ0v) is 16.4. The second kappa shape index (κ2) is 9.24. The maximum atomic E-state index is 13.8. The molecule has 2 aromatic rings. The number of hydrogen-bond donors (Lipinski definition) is 2. The van der Waals surface area contributed by atoms with Crippen LogP contribution in [0.25, 0.3) is 0 Å². The third kappa shape index (κ3) is 4.89. The number of halogens is 2. The third-order valence-electron chi connectivity index (χ3n) is 4.61. The average molecular weight is 395 g/mol. The predicted molar refractivity (Wildman–Crippen MR) is 109 cm³/mol. The van der Waals surface area contributed by atoms with Crippen molar-refractivity contribution in [1.29, 1.82) is 0 Å². The van der Waals surface area contributed by atoms with Gasteiger partial charge in [0, 0.05) is 43.3 Å². The molecule has 2 heterocycles. The Hall–Kier alpha value is -1.79. The molecule has 2 N–H and O–H groups in total. The lowest BCUT2D eigenvalue weighted by Gasteiger charge is -2.33. The van der Waals surface area contributed by atoms with E-state index in [1.54, 1.807) is 30.5 Å². The van der Waals surface area contributed by atoms with E-state index in [1.165, 1.54) is 11.1 Å². The summed E-state index contributed by atoms with van der Waals surface area (Å²) in [4.78, 5) is 6.71. The highest BCUT2D eigenvalue weighted by atomic mass is 35.5. The highest BCUT2D eigenvalue weighted by Gasteiger charge is 2.20. The molecule has 7 heteroatoms. The smallest absolute Gasteiger partial charge is 0.191 e. The normalized spacial score (nSPS) is 16.0. The first-order chi connectivity index (χ1) is 12.7. The second-order valence-corrected chi connectivity index (χ2v) is 7.64. The molecule has 0 radical (unpaired) electrons. The van der Waals surface area contributed by atoms with Gasteiger partial charge in [-0.05, 0) is 48.9 Å². The molecule has 3 rings (SSSR count). The Morgan fingerprint density at radius 2 is 2.12 bits per heavy atom. The van der Waals surface area contributed by atoms with Crippen LogP contribution in [0, 0.1) is 5.82 Å². The van der Waals surface area contributed by atoms with E-state index in [9.17, 15) is 4.39 Å². The number of piperidine rings is 1. The van der Waals surface area contributed by atoms with Gasteiger partial charge in [0.2, 0.25) is 0 Å². The summed E-state index contributed by atoms with van der Waals surface area (Å²) in [7, 11) is 1.76. The Kier molecular flexibility index (Phi) is 6.74. The molecule has 4 nitrogen and oxygen atoms in total. The molecular formula is C19H24ClFN4S. The van der Waals surface area contributed by atoms with Gasteiger partial charge in [0.1, 0.15) is 5.82 Å². The molecule has 1 aromatic carbocycles. The summed E-state index contributed by atoms with van der Waals surface area (Å²) in [6.45, 7) is 2.66. The Morgan fingerprint density at radius 1 is 1.31 bits per heavy atom. The molecule has 0 bridgehead atoms. The lowest BCUT2D eigenvalue weighted by molar-refractivity contribution is 0.463. The molecule has 1 aliphatic rings. The molecule has 1 fully saturated rings. The lowest BCUT2D eigenvalue weighted by atomic mass is 10.1. The Bertz CT molecular complexity index is 707. The van der Waals surface area contributed by atoms with Crippen molar-refractivity contribution in [3.8, 4) is 0 Å². The van der Waals surface area contributed by atoms with Crippen LogP contribution in [-0.4, -0.2) is 38.7 Å². The summed E-state index contributed by atoms with van der Waals surface area (Å²) >= 11 is 7.86. The van der Waals surface area contributed by atoms with Gasteiger partial charge in [-0.1, -0.05) is 17.7 Å². The zero-order valence-electron chi connectivity index (χ0n) is 14.8. The fraction of sp³-hybridized carbons (Fsp3) is 0.421. The topological polar surface area (TPSA) is 39.7 Å². The van der Waals surface area contributed by atoms with Crippen LogP contribution in [0.5, 0.6) is 0 Å². The number of nitrogens with one attached hydrogen (secondary N) is 2. The number of benzene rings is 1. The monoisotopic (exact) mass is 394 g/mol. The first kappa shape index (κ1) is 19.0. The lowest BCUT2D eigenvalue weighted by Crippen LogP contribution is -2.49. The molecule has 0 spiro atoms. The highest BCUT2D eigenvalue weighted by molar-refractivity contribution is 7.14. The quantitative estimate of drug-likeness (QED) is 0.596. The van der Waals surface area contributed by atoms with Gasteiger partial charge in [0.05, 0.1) is 5.00 Å². The van der Waals surface area contributed by atoms with Crippen LogP contribution in [-0.2, 0) is 6.42 Å². The number of guanidine groups is 1. The van der Waals surface area contributed by atoms with E-state index < -0.39 is 0 Å². The van der Waals surface area contributed by atoms with Gasteiger partial charge in [0.25, 0.3) is 0 Å². The second-order valence-electron chi connectivity index (χ2n) is 6.31. The van der Waals surface area contributed by atoms with Crippen LogP contribution in [0.2, 0.25) is 5.02 Å². The fourth-order valence-electron chi connectivity index (χ4n) is 3.16. The first-order valence-electron chi connectivity index (χ1n) is 8.86. The Labute approximate surface area is 163 Å². The van der Waals surface area contributed by atoms with E-state index in [0.717, 1.165) is 31.9 Å². The van der Waals surface area contributed by atoms with Crippen molar-refractivity contribution >= 4 is 33.9 Å². The third-order valence-corrected chi connectivity index (χ3v) is 5.89. The van der Waals surface area contributed by atoms with Crippen LogP contribution in [0.3, 0.4) is 0 Å². The maximum Gasteiger partial charge on any atom is 0.191 e. The van der Waals surface area contributed by atoms with E-state index in [1.807, 2.05) is 0 Å². The minimum Gasteiger partial charge on any atom is -0.363 e. The van der Waals surface area contributed by atoms with Crippen LogP contribution in [0.1, 0.15) is 18.4 Å². The summed E-state index contributed by atoms with van der Waals surface area (Å²) in [5.41, 5.74) is 0.543. The number of hydrogen-bond acceptors (Lipinski definition) is 3. The molecule has 1 saturated heterocycles. The van der Waals surface area contributed by atoms with Crippen molar-refractivity contribution in [1.82, 2.24) is 10.6 Å². The van der Waals surface area contributed by atoms with Crippen LogP contribution in [0.4, 0.5) is 9.39 Å². The number of nitrogens with zero attached hydrogens (tertiary/aromatic N) is 2. The van der Waals surface area contributed by atoms with Crippen molar-refractivity contribution in [3.63, 3.8) is 0 Å². The van der Waals surface area contributed by atoms with E-state index in [0.29, 0.717) is 29.6 Å². The Balaban J connectivity index is 1.44. The van der Waals surface area contributed by atoms with E-state index in [2.05, 4.69) is 38.0 Å². The summed E-state index contributed by atoms with van der Waals surface area (Å²) in [5, 5.41) is 10.7. The van der Waals surface area contributed by atoms with Gasteiger partial charge < -0.3 is 15.5 Å². The summed E-state index contributed by atoms with van der Waals surface area (Å²) in [6.07, 6.45) is 2.65. The van der Waals surface area contributed by atoms with Crippen molar-refractivity contribution in [3.05, 3.63) is 52.1 Å². The molecule has 1 aliphatic heterocycles. The van der Waals surface area contributed by atoms with E-state index >= 15 is 0 Å². The van der Waals surface area contributed by atoms with Crippen molar-refractivity contribution in [2.75, 3.05) is 31.6 Å². The van der Waals surface area contributed by atoms with Crippen molar-refractivity contribution in [2.45, 2.75) is 25.3 Å². The minimum absolute atomic E-state index is 0.261. The molecule has 140 valence electrons. The minimum atomic E-state index is -0.261. The molecule has 0 unspecified atom stereocenters. The Morgan fingerprint density at radius 3 is 2.77 bits per heavy atom. The average Bonchev–Trinajstić information content (AvgIpc) is 3.18. The van der Waals surface area contributed by atoms with Gasteiger partial charge >= 0.3 is 0 Å². The van der Waals surface area contributed by atoms with Gasteiger partial charge in [-0.2, -0.15) is 0 Å². The number of aliphatic imine (C=N–C) groups is 1. The summed E-state index contributed by atoms with van der Waals surface area (Å²) < 4.78 is 13.8. The van der Waals surface area contributed by atoms with Crippen molar-refractivity contribution in [2.24, 2.45) is 4.99 Å². The highest BCUT2D eigenvalue weighted by Crippen LogP contribution is 2.24. The van der Waals surface area contributed by atoms with Gasteiger partial charge in [-0.25, -0.2) is 4.39 Å². The largest absolute Gasteiger partial charge is 0.363 e. The summed E-state index contributed by atoms with van der Waals surface area (Å²) in [5.74, 6) is 0.496. The van der Waals surface area contributed by atoms with E-state index in [-0.39, 0.29) is 5.82 Å². The van der Waals surface area contributed by atoms with Gasteiger partial charge in [0.15, 0.2) is 5.96 Å².